The first kappa shape index (κ1) is 51.7. The van der Waals surface area contributed by atoms with E-state index in [4.69, 9.17) is 0 Å². The molecule has 0 heterocycles. The van der Waals surface area contributed by atoms with Crippen LogP contribution in [-0.2, 0) is 98.1 Å². The first-order chi connectivity index (χ1) is 13.4. The molecule has 0 atom stereocenters. The molecule has 0 aliphatic carbocycles. The van der Waals surface area contributed by atoms with E-state index >= 15 is 0 Å². The second-order valence-corrected chi connectivity index (χ2v) is 8.67. The van der Waals surface area contributed by atoms with Crippen molar-refractivity contribution in [3.05, 3.63) is 75.9 Å². The Balaban J connectivity index is -0.0000000549. The Morgan fingerprint density at radius 2 is 0.688 bits per heavy atom. The molecular weight excluding hydrogens is 851 g/mol. The van der Waals surface area contributed by atoms with Gasteiger partial charge in [0.15, 0.2) is 0 Å². The van der Waals surface area contributed by atoms with Crippen molar-refractivity contribution in [2.24, 2.45) is 0 Å². The van der Waals surface area contributed by atoms with E-state index in [2.05, 4.69) is 119 Å². The van der Waals surface area contributed by atoms with Gasteiger partial charge in [0, 0.05) is 135 Å². The van der Waals surface area contributed by atoms with Gasteiger partial charge in [-0.3, -0.25) is 0 Å². The van der Waals surface area contributed by atoms with Gasteiger partial charge in [0.25, 0.3) is 0 Å². The normalized spacial score (nSPS) is 9.38. The largest absolute Gasteiger partial charge is 0.328 e. The maximum Gasteiger partial charge on any atom is 0.0973 e. The molecule has 0 N–H and O–H groups in total. The molecule has 8 heteroatoms. The molecule has 0 fully saturated rings. The summed E-state index contributed by atoms with van der Waals surface area (Å²) in [5.74, 6) is 0. The van der Waals surface area contributed by atoms with Crippen LogP contribution in [0.2, 0.25) is 0 Å². The Morgan fingerprint density at radius 1 is 0.469 bits per heavy atom. The summed E-state index contributed by atoms with van der Waals surface area (Å²) in [6, 6.07) is 0. The minimum Gasteiger partial charge on any atom is -0.328 e. The third kappa shape index (κ3) is 46.4. The second kappa shape index (κ2) is 34.1. The van der Waals surface area contributed by atoms with Crippen molar-refractivity contribution in [2.75, 3.05) is 81.6 Å². The van der Waals surface area contributed by atoms with Gasteiger partial charge >= 0.3 is 0 Å². The van der Waals surface area contributed by atoms with Gasteiger partial charge in [-0.1, -0.05) is 39.5 Å². The van der Waals surface area contributed by atoms with Gasteiger partial charge in [0.05, 0.1) is 81.6 Å². The van der Waals surface area contributed by atoms with Crippen LogP contribution in [0.5, 0.6) is 0 Å². The summed E-state index contributed by atoms with van der Waals surface area (Å²) in [5, 5.41) is 0. The summed E-state index contributed by atoms with van der Waals surface area (Å²) < 4.78 is 2.85. The minimum atomic E-state index is 0. The molecule has 3 nitrogen and oxygen atoms in total. The number of quaternary nitrogens is 3. The zero-order valence-electron chi connectivity index (χ0n) is 21.8. The molecular formula is C24H48I2N3Y3+3. The third-order valence-corrected chi connectivity index (χ3v) is 3.63. The van der Waals surface area contributed by atoms with Crippen molar-refractivity contribution < 1.29 is 112 Å². The molecule has 0 aromatic carbocycles. The van der Waals surface area contributed by atoms with Crippen molar-refractivity contribution in [3.63, 3.8) is 0 Å². The van der Waals surface area contributed by atoms with E-state index in [1.165, 1.54) is 0 Å². The summed E-state index contributed by atoms with van der Waals surface area (Å²) in [7, 11) is 12.9. The van der Waals surface area contributed by atoms with Crippen LogP contribution in [0.25, 0.3) is 0 Å². The Kier molecular flexibility index (Phi) is 55.1. The second-order valence-electron chi connectivity index (χ2n) is 8.67. The van der Waals surface area contributed by atoms with Crippen LogP contribution in [-0.4, -0.2) is 95.0 Å². The topological polar surface area (TPSA) is 0 Å². The molecule has 0 aliphatic heterocycles. The molecule has 0 amide bonds. The maximum absolute atomic E-state index is 3.73. The fourth-order valence-electron chi connectivity index (χ4n) is 2.32. The first-order valence-electron chi connectivity index (χ1n) is 9.62. The minimum absolute atomic E-state index is 0. The quantitative estimate of drug-likeness (QED) is 0.127. The Labute approximate surface area is 301 Å². The smallest absolute Gasteiger partial charge is 0.0973 e. The predicted octanol–water partition coefficient (Wildman–Crippen LogP) is 6.07. The van der Waals surface area contributed by atoms with Gasteiger partial charge in [-0.15, -0.1) is 0 Å². The summed E-state index contributed by atoms with van der Waals surface area (Å²) in [6.07, 6.45) is 11.6. The van der Waals surface area contributed by atoms with E-state index in [0.717, 1.165) is 52.7 Å². The van der Waals surface area contributed by atoms with Crippen molar-refractivity contribution in [3.8, 4) is 0 Å². The molecule has 179 valence electrons. The predicted molar refractivity (Wildman–Crippen MR) is 155 cm³/mol. The fourth-order valence-corrected chi connectivity index (χ4v) is 2.32. The molecule has 0 unspecified atom stereocenters. The molecule has 3 radical (unpaired) electrons. The van der Waals surface area contributed by atoms with Crippen molar-refractivity contribution in [1.82, 2.24) is 0 Å². The molecule has 32 heavy (non-hydrogen) atoms. The van der Waals surface area contributed by atoms with E-state index < -0.39 is 0 Å². The first-order valence-corrected chi connectivity index (χ1v) is 15.9. The monoisotopic (exact) mass is 899 g/mol. The zero-order valence-corrected chi connectivity index (χ0v) is 34.6. The van der Waals surface area contributed by atoms with E-state index in [9.17, 15) is 0 Å². The van der Waals surface area contributed by atoms with Crippen molar-refractivity contribution >= 4 is 37.2 Å². The molecule has 0 rings (SSSR count). The fraction of sp³-hybridized carbons (Fsp3) is 0.500. The number of rotatable bonds is 12. The molecule has 0 spiro atoms. The number of nitrogens with zero attached hydrogens (tertiary/aromatic N) is 3. The summed E-state index contributed by atoms with van der Waals surface area (Å²) in [6.45, 7) is 28.1. The van der Waals surface area contributed by atoms with Gasteiger partial charge in [0.2, 0.25) is 0 Å². The average Bonchev–Trinajstić information content (AvgIpc) is 2.57. The average molecular weight is 899 g/mol. The van der Waals surface area contributed by atoms with Crippen molar-refractivity contribution in [1.29, 1.82) is 0 Å². The van der Waals surface area contributed by atoms with E-state index in [0.29, 0.717) is 0 Å². The maximum atomic E-state index is 3.73. The van der Waals surface area contributed by atoms with Gasteiger partial charge in [-0.2, -0.15) is 0 Å². The standard InChI is InChI=1S/C10H18N.C8H16N.C6H14N.I2.3Y/c1-5-8-11(4,9-6-2)10-7-3;1-5-7-9(3,4)8-6-2;1-5-6-7(2,3)4;1-2;;;/h5-7H,1-3,8-10H2,4H3;5-6H,1-2,7-8H2,3-4H3;5H,1,6H2,2-4H3;;;;/q3*+1;;;;. The van der Waals surface area contributed by atoms with Gasteiger partial charge in [-0.25, -0.2) is 0 Å². The molecule has 0 aromatic heterocycles. The van der Waals surface area contributed by atoms with E-state index in [1.807, 2.05) is 36.5 Å². The Hall–Kier alpha value is 3.09. The summed E-state index contributed by atoms with van der Waals surface area (Å²) in [4.78, 5) is 0. The van der Waals surface area contributed by atoms with Crippen LogP contribution in [0.1, 0.15) is 0 Å². The number of halogens is 2. The number of hydrogen-bond donors (Lipinski definition) is 0. The van der Waals surface area contributed by atoms with E-state index in [-0.39, 0.29) is 98.1 Å². The van der Waals surface area contributed by atoms with Gasteiger partial charge in [-0.05, 0) is 36.5 Å². The molecule has 0 saturated heterocycles. The van der Waals surface area contributed by atoms with Crippen LogP contribution >= 0.6 is 37.2 Å². The summed E-state index contributed by atoms with van der Waals surface area (Å²) >= 11 is 4.24. The van der Waals surface area contributed by atoms with Crippen LogP contribution in [0.4, 0.5) is 0 Å². The van der Waals surface area contributed by atoms with Gasteiger partial charge < -0.3 is 13.4 Å². The number of likely N-dealkylation sites (N-methyl/N-ethyl adjacent to an activating group) is 3. The van der Waals surface area contributed by atoms with Crippen LogP contribution < -0.4 is 0 Å². The SMILES string of the molecule is C=CC[N+](C)(C)C.C=CC[N+](C)(C)CC=C.C=CC[N+](C)(CC=C)CC=C.II.[Y].[Y].[Y]. The molecule has 0 aromatic rings. The van der Waals surface area contributed by atoms with Gasteiger partial charge in [0.1, 0.15) is 0 Å². The summed E-state index contributed by atoms with van der Waals surface area (Å²) in [5.41, 5.74) is 0. The molecule has 0 bridgehead atoms. The Bertz CT molecular complexity index is 425. The van der Waals surface area contributed by atoms with E-state index in [1.54, 1.807) is 0 Å². The van der Waals surface area contributed by atoms with Crippen LogP contribution in [0.15, 0.2) is 75.9 Å². The Morgan fingerprint density at radius 3 is 0.812 bits per heavy atom. The van der Waals surface area contributed by atoms with Crippen molar-refractivity contribution in [2.45, 2.75) is 0 Å². The molecule has 0 aliphatic rings. The van der Waals surface area contributed by atoms with Crippen LogP contribution in [0, 0.1) is 0 Å². The molecule has 0 saturated carbocycles. The van der Waals surface area contributed by atoms with Crippen LogP contribution in [0.3, 0.4) is 0 Å². The third-order valence-electron chi connectivity index (χ3n) is 3.63. The number of hydrogen-bond acceptors (Lipinski definition) is 0. The zero-order chi connectivity index (χ0) is 24.0.